The van der Waals surface area contributed by atoms with Crippen LogP contribution in [-0.4, -0.2) is 30.9 Å². The van der Waals surface area contributed by atoms with Crippen molar-refractivity contribution in [2.45, 2.75) is 23.8 Å². The van der Waals surface area contributed by atoms with E-state index >= 15 is 0 Å². The van der Waals surface area contributed by atoms with Gasteiger partial charge in [0, 0.05) is 18.6 Å². The zero-order valence-electron chi connectivity index (χ0n) is 12.2. The van der Waals surface area contributed by atoms with Gasteiger partial charge in [0.2, 0.25) is 0 Å². The number of allylic oxidation sites excluding steroid dienone is 1. The molecule has 1 atom stereocenters. The van der Waals surface area contributed by atoms with Crippen molar-refractivity contribution >= 4 is 21.0 Å². The van der Waals surface area contributed by atoms with E-state index in [1.165, 1.54) is 6.26 Å². The van der Waals surface area contributed by atoms with Crippen molar-refractivity contribution in [3.8, 4) is 0 Å². The first kappa shape index (κ1) is 14.9. The van der Waals surface area contributed by atoms with Gasteiger partial charge in [-0.25, -0.2) is 8.42 Å². The van der Waals surface area contributed by atoms with Crippen LogP contribution in [0.4, 0.5) is 0 Å². The van der Waals surface area contributed by atoms with Crippen LogP contribution in [0.25, 0.3) is 11.1 Å². The fourth-order valence-corrected chi connectivity index (χ4v) is 3.48. The zero-order valence-corrected chi connectivity index (χ0v) is 13.0. The van der Waals surface area contributed by atoms with E-state index in [1.807, 2.05) is 12.1 Å². The van der Waals surface area contributed by atoms with E-state index in [0.29, 0.717) is 11.3 Å². The summed E-state index contributed by atoms with van der Waals surface area (Å²) in [4.78, 5) is 4.42. The number of nitrogens with zero attached hydrogens (tertiary/aromatic N) is 1. The van der Waals surface area contributed by atoms with E-state index in [2.05, 4.69) is 4.98 Å². The minimum absolute atomic E-state index is 0.304. The van der Waals surface area contributed by atoms with E-state index in [4.69, 9.17) is 0 Å². The van der Waals surface area contributed by atoms with Gasteiger partial charge in [-0.1, -0.05) is 18.2 Å². The second-order valence-corrected chi connectivity index (χ2v) is 7.50. The molecule has 0 amide bonds. The molecule has 4 nitrogen and oxygen atoms in total. The van der Waals surface area contributed by atoms with Crippen molar-refractivity contribution in [3.63, 3.8) is 0 Å². The Morgan fingerprint density at radius 2 is 1.86 bits per heavy atom. The Labute approximate surface area is 130 Å². The maximum Gasteiger partial charge on any atom is 0.175 e. The van der Waals surface area contributed by atoms with Gasteiger partial charge in [-0.15, -0.1) is 0 Å². The van der Waals surface area contributed by atoms with Crippen molar-refractivity contribution < 1.29 is 13.5 Å². The number of rotatable bonds is 3. The predicted molar refractivity (Wildman–Crippen MR) is 85.8 cm³/mol. The fourth-order valence-electron chi connectivity index (χ4n) is 2.85. The lowest BCUT2D eigenvalue weighted by atomic mass is 9.97. The number of aliphatic hydroxyl groups excluding tert-OH is 1. The Morgan fingerprint density at radius 3 is 2.45 bits per heavy atom. The number of benzene rings is 1. The van der Waals surface area contributed by atoms with Crippen molar-refractivity contribution in [1.82, 2.24) is 4.98 Å². The lowest BCUT2D eigenvalue weighted by Crippen LogP contribution is -2.04. The molecule has 2 aromatic rings. The van der Waals surface area contributed by atoms with Crippen molar-refractivity contribution in [2.24, 2.45) is 0 Å². The molecule has 3 rings (SSSR count). The third-order valence-electron chi connectivity index (χ3n) is 3.93. The van der Waals surface area contributed by atoms with Crippen LogP contribution in [-0.2, 0) is 9.84 Å². The summed E-state index contributed by atoms with van der Waals surface area (Å²) < 4.78 is 23.1. The first-order valence-corrected chi connectivity index (χ1v) is 8.98. The van der Waals surface area contributed by atoms with Gasteiger partial charge in [0.25, 0.3) is 0 Å². The van der Waals surface area contributed by atoms with Crippen LogP contribution in [0.1, 0.15) is 24.0 Å². The third kappa shape index (κ3) is 2.82. The average Bonchev–Trinajstić information content (AvgIpc) is 2.89. The molecule has 22 heavy (non-hydrogen) atoms. The van der Waals surface area contributed by atoms with E-state index < -0.39 is 15.9 Å². The molecule has 1 aliphatic rings. The van der Waals surface area contributed by atoms with Gasteiger partial charge in [0.1, 0.15) is 0 Å². The normalized spacial score (nSPS) is 18.7. The predicted octanol–water partition coefficient (Wildman–Crippen LogP) is 2.55. The minimum atomic E-state index is -3.20. The molecule has 1 heterocycles. The molecule has 0 fully saturated rings. The standard InChI is InChI=1S/C17H17NO3S/c1-22(20,21)14-6-4-12(5-7-14)15-8-9-16(19)17(15)13-3-2-10-18-11-13/h2-7,10-11,16,19H,8-9H2,1H3. The summed E-state index contributed by atoms with van der Waals surface area (Å²) in [5, 5.41) is 10.3. The quantitative estimate of drug-likeness (QED) is 0.945. The minimum Gasteiger partial charge on any atom is -0.388 e. The summed E-state index contributed by atoms with van der Waals surface area (Å²) in [6, 6.07) is 10.6. The Bertz CT molecular complexity index is 809. The summed E-state index contributed by atoms with van der Waals surface area (Å²) in [6.45, 7) is 0. The zero-order chi connectivity index (χ0) is 15.7. The van der Waals surface area contributed by atoms with Crippen LogP contribution in [0.2, 0.25) is 0 Å². The number of aliphatic hydroxyl groups is 1. The number of hydrogen-bond donors (Lipinski definition) is 1. The highest BCUT2D eigenvalue weighted by atomic mass is 32.2. The molecule has 114 valence electrons. The molecule has 1 N–H and O–H groups in total. The monoisotopic (exact) mass is 315 g/mol. The lowest BCUT2D eigenvalue weighted by Gasteiger charge is -2.11. The van der Waals surface area contributed by atoms with Crippen LogP contribution in [0.15, 0.2) is 53.7 Å². The molecule has 0 bridgehead atoms. The van der Waals surface area contributed by atoms with E-state index in [9.17, 15) is 13.5 Å². The summed E-state index contributed by atoms with van der Waals surface area (Å²) in [6.07, 6.45) is 5.58. The second-order valence-electron chi connectivity index (χ2n) is 5.48. The molecular weight excluding hydrogens is 298 g/mol. The summed E-state index contributed by atoms with van der Waals surface area (Å²) in [5.41, 5.74) is 3.80. The molecule has 1 aromatic carbocycles. The number of sulfone groups is 1. The Balaban J connectivity index is 2.07. The van der Waals surface area contributed by atoms with E-state index in [0.717, 1.165) is 28.7 Å². The maximum absolute atomic E-state index is 11.5. The van der Waals surface area contributed by atoms with Gasteiger partial charge in [0.15, 0.2) is 9.84 Å². The Kier molecular flexibility index (Phi) is 3.85. The Hall–Kier alpha value is -1.98. The molecular formula is C17H17NO3S. The third-order valence-corrected chi connectivity index (χ3v) is 5.06. The topological polar surface area (TPSA) is 67.3 Å². The highest BCUT2D eigenvalue weighted by Gasteiger charge is 2.26. The number of hydrogen-bond acceptors (Lipinski definition) is 4. The highest BCUT2D eigenvalue weighted by molar-refractivity contribution is 7.90. The summed E-state index contributed by atoms with van der Waals surface area (Å²) >= 11 is 0. The molecule has 1 aliphatic carbocycles. The molecule has 5 heteroatoms. The average molecular weight is 315 g/mol. The van der Waals surface area contributed by atoms with Crippen LogP contribution in [0.5, 0.6) is 0 Å². The van der Waals surface area contributed by atoms with Crippen LogP contribution in [0.3, 0.4) is 0 Å². The van der Waals surface area contributed by atoms with Crippen LogP contribution >= 0.6 is 0 Å². The molecule has 0 saturated carbocycles. The SMILES string of the molecule is CS(=O)(=O)c1ccc(C2=C(c3cccnc3)C(O)CC2)cc1. The van der Waals surface area contributed by atoms with Crippen molar-refractivity contribution in [1.29, 1.82) is 0 Å². The number of pyridine rings is 1. The first-order chi connectivity index (χ1) is 10.5. The molecule has 1 aromatic heterocycles. The second kappa shape index (κ2) is 5.66. The van der Waals surface area contributed by atoms with Gasteiger partial charge in [-0.2, -0.15) is 0 Å². The molecule has 0 radical (unpaired) electrons. The van der Waals surface area contributed by atoms with Crippen molar-refractivity contribution in [3.05, 3.63) is 59.9 Å². The van der Waals surface area contributed by atoms with Gasteiger partial charge >= 0.3 is 0 Å². The summed E-state index contributed by atoms with van der Waals surface area (Å²) in [5.74, 6) is 0. The van der Waals surface area contributed by atoms with Gasteiger partial charge in [-0.05, 0) is 53.3 Å². The summed E-state index contributed by atoms with van der Waals surface area (Å²) in [7, 11) is -3.20. The number of aromatic nitrogens is 1. The van der Waals surface area contributed by atoms with E-state index in [-0.39, 0.29) is 0 Å². The lowest BCUT2D eigenvalue weighted by molar-refractivity contribution is 0.231. The first-order valence-electron chi connectivity index (χ1n) is 7.09. The van der Waals surface area contributed by atoms with Gasteiger partial charge in [0.05, 0.1) is 11.0 Å². The molecule has 0 aliphatic heterocycles. The molecule has 0 spiro atoms. The van der Waals surface area contributed by atoms with Crippen LogP contribution in [0, 0.1) is 0 Å². The largest absolute Gasteiger partial charge is 0.388 e. The fraction of sp³-hybridized carbons (Fsp3) is 0.235. The van der Waals surface area contributed by atoms with Gasteiger partial charge < -0.3 is 5.11 Å². The molecule has 0 saturated heterocycles. The molecule has 1 unspecified atom stereocenters. The van der Waals surface area contributed by atoms with Gasteiger partial charge in [-0.3, -0.25) is 4.98 Å². The Morgan fingerprint density at radius 1 is 1.14 bits per heavy atom. The smallest absolute Gasteiger partial charge is 0.175 e. The van der Waals surface area contributed by atoms with E-state index in [1.54, 1.807) is 36.7 Å². The van der Waals surface area contributed by atoms with Crippen LogP contribution < -0.4 is 0 Å². The van der Waals surface area contributed by atoms with Crippen molar-refractivity contribution in [2.75, 3.05) is 6.26 Å². The highest BCUT2D eigenvalue weighted by Crippen LogP contribution is 2.39. The maximum atomic E-state index is 11.5.